The van der Waals surface area contributed by atoms with E-state index in [4.69, 9.17) is 13.9 Å². The third-order valence-electron chi connectivity index (χ3n) is 4.59. The molecule has 1 heterocycles. The van der Waals surface area contributed by atoms with Gasteiger partial charge in [-0.3, -0.25) is 4.79 Å². The van der Waals surface area contributed by atoms with Gasteiger partial charge in [-0.2, -0.15) is 0 Å². The molecule has 0 aliphatic rings. The third kappa shape index (κ3) is 4.48. The summed E-state index contributed by atoms with van der Waals surface area (Å²) in [5, 5.41) is 10.3. The van der Waals surface area contributed by atoms with Crippen LogP contribution in [0.15, 0.2) is 88.1 Å². The summed E-state index contributed by atoms with van der Waals surface area (Å²) in [7, 11) is 1.58. The molecule has 0 atom stereocenters. The fraction of sp³-hybridized carbons (Fsp3) is 0.0400. The quantitative estimate of drug-likeness (QED) is 0.287. The Hall–Kier alpha value is -4.32. The van der Waals surface area contributed by atoms with Gasteiger partial charge in [-0.15, -0.1) is 0 Å². The number of ether oxygens (including phenoxy) is 2. The molecule has 0 aliphatic carbocycles. The molecule has 6 heteroatoms. The van der Waals surface area contributed by atoms with Gasteiger partial charge in [0.05, 0.1) is 7.11 Å². The Labute approximate surface area is 177 Å². The predicted octanol–water partition coefficient (Wildman–Crippen LogP) is 4.79. The van der Waals surface area contributed by atoms with Gasteiger partial charge >= 0.3 is 5.97 Å². The summed E-state index contributed by atoms with van der Waals surface area (Å²) in [5.41, 5.74) is 1.23. The van der Waals surface area contributed by atoms with Crippen molar-refractivity contribution in [1.29, 1.82) is 0 Å². The van der Waals surface area contributed by atoms with E-state index >= 15 is 0 Å². The zero-order valence-corrected chi connectivity index (χ0v) is 16.6. The molecule has 0 saturated heterocycles. The Morgan fingerprint density at radius 1 is 0.968 bits per heavy atom. The van der Waals surface area contributed by atoms with E-state index in [1.807, 2.05) is 18.2 Å². The minimum atomic E-state index is -0.642. The number of carbonyl (C=O) groups excluding carboxylic acids is 1. The van der Waals surface area contributed by atoms with Crippen LogP contribution in [0.3, 0.4) is 0 Å². The average Bonchev–Trinajstić information content (AvgIpc) is 2.78. The summed E-state index contributed by atoms with van der Waals surface area (Å²) in [6, 6.07) is 20.2. The van der Waals surface area contributed by atoms with Crippen molar-refractivity contribution in [2.45, 2.75) is 0 Å². The lowest BCUT2D eigenvalue weighted by Crippen LogP contribution is -2.05. The summed E-state index contributed by atoms with van der Waals surface area (Å²) in [6.45, 7) is 0. The monoisotopic (exact) mass is 414 g/mol. The van der Waals surface area contributed by atoms with Crippen molar-refractivity contribution >= 4 is 23.0 Å². The summed E-state index contributed by atoms with van der Waals surface area (Å²) >= 11 is 0. The fourth-order valence-corrected chi connectivity index (χ4v) is 3.08. The van der Waals surface area contributed by atoms with Gasteiger partial charge in [-0.25, -0.2) is 4.79 Å². The van der Waals surface area contributed by atoms with Crippen LogP contribution in [0.25, 0.3) is 28.4 Å². The van der Waals surface area contributed by atoms with Crippen molar-refractivity contribution in [2.24, 2.45) is 0 Å². The molecule has 6 nitrogen and oxygen atoms in total. The normalized spacial score (nSPS) is 11.0. The third-order valence-corrected chi connectivity index (χ3v) is 4.59. The van der Waals surface area contributed by atoms with E-state index < -0.39 is 11.4 Å². The van der Waals surface area contributed by atoms with Crippen LogP contribution >= 0.6 is 0 Å². The fourth-order valence-electron chi connectivity index (χ4n) is 3.08. The molecule has 0 spiro atoms. The molecular weight excluding hydrogens is 396 g/mol. The topological polar surface area (TPSA) is 86.0 Å². The summed E-state index contributed by atoms with van der Waals surface area (Å²) in [5.74, 6) is 0.148. The van der Waals surface area contributed by atoms with E-state index in [1.54, 1.807) is 49.6 Å². The second kappa shape index (κ2) is 8.59. The molecule has 0 saturated carbocycles. The lowest BCUT2D eigenvalue weighted by molar-refractivity contribution is -0.128. The number of hydrogen-bond donors (Lipinski definition) is 1. The van der Waals surface area contributed by atoms with E-state index in [0.29, 0.717) is 17.1 Å². The minimum Gasteiger partial charge on any atom is -0.507 e. The van der Waals surface area contributed by atoms with Crippen LogP contribution in [0.2, 0.25) is 0 Å². The number of carbonyl (C=O) groups is 1. The van der Waals surface area contributed by atoms with E-state index in [2.05, 4.69) is 0 Å². The Balaban J connectivity index is 1.60. The van der Waals surface area contributed by atoms with Gasteiger partial charge in [0, 0.05) is 29.8 Å². The number of hydrogen-bond acceptors (Lipinski definition) is 6. The summed E-state index contributed by atoms with van der Waals surface area (Å²) in [4.78, 5) is 24.7. The maximum Gasteiger partial charge on any atom is 0.336 e. The molecule has 0 fully saturated rings. The van der Waals surface area contributed by atoms with Crippen molar-refractivity contribution in [3.63, 3.8) is 0 Å². The Morgan fingerprint density at radius 2 is 1.71 bits per heavy atom. The largest absolute Gasteiger partial charge is 0.507 e. The zero-order chi connectivity index (χ0) is 21.8. The zero-order valence-electron chi connectivity index (χ0n) is 16.6. The molecule has 3 aromatic carbocycles. The highest BCUT2D eigenvalue weighted by Crippen LogP contribution is 2.31. The van der Waals surface area contributed by atoms with Crippen LogP contribution < -0.4 is 14.9 Å². The molecule has 0 aliphatic heterocycles. The Kier molecular flexibility index (Phi) is 5.53. The van der Waals surface area contributed by atoms with Crippen molar-refractivity contribution in [3.05, 3.63) is 94.7 Å². The lowest BCUT2D eigenvalue weighted by Gasteiger charge is -2.07. The first-order chi connectivity index (χ1) is 15.0. The van der Waals surface area contributed by atoms with E-state index in [-0.39, 0.29) is 22.5 Å². The molecule has 0 bridgehead atoms. The molecule has 0 unspecified atom stereocenters. The van der Waals surface area contributed by atoms with Gasteiger partial charge in [-0.05, 0) is 23.8 Å². The minimum absolute atomic E-state index is 0.0215. The lowest BCUT2D eigenvalue weighted by atomic mass is 10.1. The predicted molar refractivity (Wildman–Crippen MR) is 117 cm³/mol. The number of methoxy groups -OCH3 is 1. The Bertz CT molecular complexity index is 1320. The molecule has 4 rings (SSSR count). The number of benzene rings is 3. The van der Waals surface area contributed by atoms with Gasteiger partial charge in [0.15, 0.2) is 5.43 Å². The highest BCUT2D eigenvalue weighted by molar-refractivity contribution is 5.91. The summed E-state index contributed by atoms with van der Waals surface area (Å²) < 4.78 is 16.2. The van der Waals surface area contributed by atoms with Crippen LogP contribution in [0.5, 0.6) is 17.2 Å². The van der Waals surface area contributed by atoms with Gasteiger partial charge in [-0.1, -0.05) is 42.5 Å². The SMILES string of the molecule is COc1ccc(/C=C/C(=O)Oc2cc(O)c3c(=O)cc(-c4ccccc4)oc3c2)cc1. The molecule has 31 heavy (non-hydrogen) atoms. The number of fused-ring (bicyclic) bond motifs is 1. The second-order valence-corrected chi connectivity index (χ2v) is 6.68. The van der Waals surface area contributed by atoms with Crippen LogP contribution in [0, 0.1) is 0 Å². The summed E-state index contributed by atoms with van der Waals surface area (Å²) in [6.07, 6.45) is 2.86. The molecule has 0 amide bonds. The number of phenolic OH excluding ortho intramolecular Hbond substituents is 1. The van der Waals surface area contributed by atoms with E-state index in [1.165, 1.54) is 24.3 Å². The highest BCUT2D eigenvalue weighted by atomic mass is 16.5. The van der Waals surface area contributed by atoms with E-state index in [9.17, 15) is 14.7 Å². The molecule has 1 N–H and O–H groups in total. The number of aromatic hydroxyl groups is 1. The molecule has 1 aromatic heterocycles. The van der Waals surface area contributed by atoms with Crippen LogP contribution in [-0.2, 0) is 4.79 Å². The highest BCUT2D eigenvalue weighted by Gasteiger charge is 2.14. The van der Waals surface area contributed by atoms with Gasteiger partial charge in [0.2, 0.25) is 0 Å². The Morgan fingerprint density at radius 3 is 2.42 bits per heavy atom. The number of esters is 1. The van der Waals surface area contributed by atoms with Gasteiger partial charge in [0.1, 0.15) is 34.0 Å². The van der Waals surface area contributed by atoms with E-state index in [0.717, 1.165) is 5.56 Å². The number of phenols is 1. The van der Waals surface area contributed by atoms with Crippen LogP contribution in [-0.4, -0.2) is 18.2 Å². The van der Waals surface area contributed by atoms with Crippen LogP contribution in [0.1, 0.15) is 5.56 Å². The van der Waals surface area contributed by atoms with Crippen molar-refractivity contribution in [2.75, 3.05) is 7.11 Å². The van der Waals surface area contributed by atoms with Gasteiger partial charge in [0.25, 0.3) is 0 Å². The molecule has 0 radical (unpaired) electrons. The maximum atomic E-state index is 12.5. The van der Waals surface area contributed by atoms with Gasteiger partial charge < -0.3 is 19.0 Å². The first-order valence-corrected chi connectivity index (χ1v) is 9.44. The van der Waals surface area contributed by atoms with Crippen LogP contribution in [0.4, 0.5) is 0 Å². The second-order valence-electron chi connectivity index (χ2n) is 6.68. The van der Waals surface area contributed by atoms with Crippen molar-refractivity contribution in [3.8, 4) is 28.6 Å². The molecular formula is C25H18O6. The smallest absolute Gasteiger partial charge is 0.336 e. The molecule has 154 valence electrons. The van der Waals surface area contributed by atoms with Crippen molar-refractivity contribution in [1.82, 2.24) is 0 Å². The number of rotatable bonds is 5. The standard InChI is InChI=1S/C25H18O6/c1-29-18-10-7-16(8-11-18)9-12-24(28)30-19-13-20(26)25-21(27)15-22(31-23(25)14-19)17-5-3-2-4-6-17/h2-15,26H,1H3/b12-9+. The first-order valence-electron chi connectivity index (χ1n) is 9.44. The molecule has 4 aromatic rings. The average molecular weight is 414 g/mol. The maximum absolute atomic E-state index is 12.5. The van der Waals surface area contributed by atoms with Crippen molar-refractivity contribution < 1.29 is 23.8 Å². The first kappa shape index (κ1) is 20.0.